The van der Waals surface area contributed by atoms with Crippen LogP contribution in [0.3, 0.4) is 0 Å². The van der Waals surface area contributed by atoms with E-state index in [9.17, 15) is 0 Å². The third-order valence-electron chi connectivity index (χ3n) is 2.37. The van der Waals surface area contributed by atoms with Crippen molar-refractivity contribution in [1.82, 2.24) is 4.98 Å². The van der Waals surface area contributed by atoms with Gasteiger partial charge in [0.2, 0.25) is 5.88 Å². The lowest BCUT2D eigenvalue weighted by molar-refractivity contribution is 0.288. The standard InChI is InChI=1S/C11H15NO.C2H6/c1-2-9-5-6-11(12-7-9)13-8-10-3-4-10;1-2/h5-7,10H,2-4,8H2,1H3;1-2H3. The Morgan fingerprint density at radius 3 is 2.53 bits per heavy atom. The molecule has 2 heteroatoms. The van der Waals surface area contributed by atoms with E-state index < -0.39 is 0 Å². The molecule has 2 nitrogen and oxygen atoms in total. The number of rotatable bonds is 4. The lowest BCUT2D eigenvalue weighted by Crippen LogP contribution is -2.00. The fourth-order valence-electron chi connectivity index (χ4n) is 1.19. The molecule has 0 saturated heterocycles. The van der Waals surface area contributed by atoms with Crippen molar-refractivity contribution in [2.24, 2.45) is 5.92 Å². The molecule has 15 heavy (non-hydrogen) atoms. The average Bonchev–Trinajstić information content (AvgIpc) is 3.14. The zero-order chi connectivity index (χ0) is 11.1. The molecule has 0 amide bonds. The van der Waals surface area contributed by atoms with Crippen LogP contribution in [0.15, 0.2) is 18.3 Å². The summed E-state index contributed by atoms with van der Waals surface area (Å²) in [5, 5.41) is 0. The SMILES string of the molecule is CC.CCc1ccc(OCC2CC2)nc1. The second kappa shape index (κ2) is 6.44. The zero-order valence-electron chi connectivity index (χ0n) is 9.99. The molecule has 2 rings (SSSR count). The van der Waals surface area contributed by atoms with E-state index in [1.54, 1.807) is 0 Å². The fraction of sp³-hybridized carbons (Fsp3) is 0.615. The Labute approximate surface area is 92.7 Å². The van der Waals surface area contributed by atoms with E-state index in [0.29, 0.717) is 0 Å². The molecule has 0 aliphatic heterocycles. The molecule has 1 aliphatic rings. The number of hydrogen-bond donors (Lipinski definition) is 0. The van der Waals surface area contributed by atoms with Crippen molar-refractivity contribution in [2.75, 3.05) is 6.61 Å². The number of hydrogen-bond acceptors (Lipinski definition) is 2. The van der Waals surface area contributed by atoms with Crippen LogP contribution in [0.4, 0.5) is 0 Å². The second-order valence-electron chi connectivity index (χ2n) is 3.61. The first-order valence-electron chi connectivity index (χ1n) is 5.96. The van der Waals surface area contributed by atoms with Crippen LogP contribution in [0.25, 0.3) is 0 Å². The van der Waals surface area contributed by atoms with Crippen LogP contribution in [0.1, 0.15) is 39.2 Å². The van der Waals surface area contributed by atoms with Crippen molar-refractivity contribution in [1.29, 1.82) is 0 Å². The van der Waals surface area contributed by atoms with Crippen LogP contribution in [-0.4, -0.2) is 11.6 Å². The topological polar surface area (TPSA) is 22.1 Å². The number of aromatic nitrogens is 1. The van der Waals surface area contributed by atoms with Gasteiger partial charge < -0.3 is 4.74 Å². The van der Waals surface area contributed by atoms with Crippen molar-refractivity contribution in [3.63, 3.8) is 0 Å². The highest BCUT2D eigenvalue weighted by molar-refractivity contribution is 5.17. The summed E-state index contributed by atoms with van der Waals surface area (Å²) in [7, 11) is 0. The van der Waals surface area contributed by atoms with Crippen molar-refractivity contribution in [3.8, 4) is 5.88 Å². The number of ether oxygens (including phenoxy) is 1. The van der Waals surface area contributed by atoms with Crippen molar-refractivity contribution < 1.29 is 4.74 Å². The van der Waals surface area contributed by atoms with Crippen molar-refractivity contribution >= 4 is 0 Å². The van der Waals surface area contributed by atoms with Gasteiger partial charge in [-0.15, -0.1) is 0 Å². The van der Waals surface area contributed by atoms with Gasteiger partial charge in [0.25, 0.3) is 0 Å². The smallest absolute Gasteiger partial charge is 0.213 e. The Morgan fingerprint density at radius 1 is 1.33 bits per heavy atom. The van der Waals surface area contributed by atoms with Crippen molar-refractivity contribution in [3.05, 3.63) is 23.9 Å². The average molecular weight is 207 g/mol. The quantitative estimate of drug-likeness (QED) is 0.754. The molecule has 1 aromatic rings. The number of nitrogens with zero attached hydrogens (tertiary/aromatic N) is 1. The molecule has 1 fully saturated rings. The lowest BCUT2D eigenvalue weighted by Gasteiger charge is -2.03. The van der Waals surface area contributed by atoms with Crippen molar-refractivity contribution in [2.45, 2.75) is 40.0 Å². The van der Waals surface area contributed by atoms with Gasteiger partial charge >= 0.3 is 0 Å². The Hall–Kier alpha value is -1.05. The minimum absolute atomic E-state index is 0.768. The summed E-state index contributed by atoms with van der Waals surface area (Å²) >= 11 is 0. The maximum absolute atomic E-state index is 5.52. The van der Waals surface area contributed by atoms with Gasteiger partial charge in [-0.25, -0.2) is 4.98 Å². The minimum Gasteiger partial charge on any atom is -0.477 e. The van der Waals surface area contributed by atoms with Crippen LogP contribution in [0, 0.1) is 5.92 Å². The molecule has 1 heterocycles. The Bertz CT molecular complexity index is 264. The zero-order valence-corrected chi connectivity index (χ0v) is 9.99. The maximum Gasteiger partial charge on any atom is 0.213 e. The van der Waals surface area contributed by atoms with E-state index in [1.807, 2.05) is 26.1 Å². The first kappa shape index (κ1) is 12.0. The fourth-order valence-corrected chi connectivity index (χ4v) is 1.19. The van der Waals surface area contributed by atoms with Gasteiger partial charge in [0.1, 0.15) is 0 Å². The largest absolute Gasteiger partial charge is 0.477 e. The molecule has 1 aromatic heterocycles. The van der Waals surface area contributed by atoms with Gasteiger partial charge in [-0.1, -0.05) is 26.8 Å². The number of pyridine rings is 1. The van der Waals surface area contributed by atoms with Crippen LogP contribution in [0.2, 0.25) is 0 Å². The van der Waals surface area contributed by atoms with Gasteiger partial charge in [0.05, 0.1) is 6.61 Å². The molecule has 0 unspecified atom stereocenters. The molecular formula is C13H21NO. The molecule has 1 saturated carbocycles. The summed E-state index contributed by atoms with van der Waals surface area (Å²) in [4.78, 5) is 4.23. The molecular weight excluding hydrogens is 186 g/mol. The molecule has 0 N–H and O–H groups in total. The van der Waals surface area contributed by atoms with E-state index in [-0.39, 0.29) is 0 Å². The predicted octanol–water partition coefficient (Wildman–Crippen LogP) is 3.46. The van der Waals surface area contributed by atoms with Crippen LogP contribution < -0.4 is 4.74 Å². The molecule has 0 bridgehead atoms. The second-order valence-corrected chi connectivity index (χ2v) is 3.61. The summed E-state index contributed by atoms with van der Waals surface area (Å²) in [6, 6.07) is 4.04. The first-order valence-corrected chi connectivity index (χ1v) is 5.96. The molecule has 84 valence electrons. The molecule has 0 atom stereocenters. The summed E-state index contributed by atoms with van der Waals surface area (Å²) in [5.41, 5.74) is 1.26. The van der Waals surface area contributed by atoms with Crippen LogP contribution in [0.5, 0.6) is 5.88 Å². The normalized spacial score (nSPS) is 14.1. The van der Waals surface area contributed by atoms with Gasteiger partial charge in [-0.05, 0) is 30.7 Å². The first-order chi connectivity index (χ1) is 7.38. The maximum atomic E-state index is 5.52. The molecule has 0 spiro atoms. The van der Waals surface area contributed by atoms with E-state index >= 15 is 0 Å². The summed E-state index contributed by atoms with van der Waals surface area (Å²) in [6.07, 6.45) is 5.58. The highest BCUT2D eigenvalue weighted by Crippen LogP contribution is 2.29. The van der Waals surface area contributed by atoms with Gasteiger partial charge in [-0.3, -0.25) is 0 Å². The summed E-state index contributed by atoms with van der Waals surface area (Å²) < 4.78 is 5.52. The van der Waals surface area contributed by atoms with E-state index in [2.05, 4.69) is 18.0 Å². The van der Waals surface area contributed by atoms with Gasteiger partial charge in [0.15, 0.2) is 0 Å². The number of aryl methyl sites for hydroxylation is 1. The molecule has 0 radical (unpaired) electrons. The lowest BCUT2D eigenvalue weighted by atomic mass is 10.2. The molecule has 0 aromatic carbocycles. The summed E-state index contributed by atoms with van der Waals surface area (Å²) in [6.45, 7) is 6.97. The van der Waals surface area contributed by atoms with E-state index in [0.717, 1.165) is 24.8 Å². The van der Waals surface area contributed by atoms with Crippen LogP contribution >= 0.6 is 0 Å². The van der Waals surface area contributed by atoms with E-state index in [4.69, 9.17) is 4.74 Å². The third kappa shape index (κ3) is 4.32. The Kier molecular flexibility index (Phi) is 5.16. The highest BCUT2D eigenvalue weighted by atomic mass is 16.5. The Morgan fingerprint density at radius 2 is 2.07 bits per heavy atom. The van der Waals surface area contributed by atoms with Gasteiger partial charge in [0, 0.05) is 12.3 Å². The minimum atomic E-state index is 0.768. The van der Waals surface area contributed by atoms with Crippen LogP contribution in [-0.2, 0) is 6.42 Å². The monoisotopic (exact) mass is 207 g/mol. The van der Waals surface area contributed by atoms with Gasteiger partial charge in [-0.2, -0.15) is 0 Å². The third-order valence-corrected chi connectivity index (χ3v) is 2.37. The highest BCUT2D eigenvalue weighted by Gasteiger charge is 2.21. The molecule has 1 aliphatic carbocycles. The predicted molar refractivity (Wildman–Crippen MR) is 63.2 cm³/mol. The summed E-state index contributed by atoms with van der Waals surface area (Å²) in [5.74, 6) is 1.57. The van der Waals surface area contributed by atoms with E-state index in [1.165, 1.54) is 18.4 Å². The Balaban J connectivity index is 0.000000531.